The normalized spacial score (nSPS) is 17.6. The summed E-state index contributed by atoms with van der Waals surface area (Å²) in [5.74, 6) is 0.698. The van der Waals surface area contributed by atoms with Gasteiger partial charge in [0.05, 0.1) is 5.52 Å². The van der Waals surface area contributed by atoms with Gasteiger partial charge in [-0.15, -0.1) is 0 Å². The highest BCUT2D eigenvalue weighted by atomic mass is 16.2. The predicted octanol–water partition coefficient (Wildman–Crippen LogP) is 3.12. The van der Waals surface area contributed by atoms with Gasteiger partial charge < -0.3 is 4.90 Å². The Bertz CT molecular complexity index is 881. The number of amides is 1. The summed E-state index contributed by atoms with van der Waals surface area (Å²) in [7, 11) is 0. The Balaban J connectivity index is 1.46. The maximum absolute atomic E-state index is 12.6. The molecular weight excluding hydrogens is 312 g/mol. The fourth-order valence-corrected chi connectivity index (χ4v) is 3.55. The zero-order chi connectivity index (χ0) is 17.1. The molecule has 1 amide bonds. The van der Waals surface area contributed by atoms with Gasteiger partial charge in [-0.2, -0.15) is 0 Å². The van der Waals surface area contributed by atoms with Crippen LogP contribution >= 0.6 is 0 Å². The number of carbonyl (C=O) groups is 1. The minimum atomic E-state index is -0.0620. The first-order valence-electron chi connectivity index (χ1n) is 8.69. The number of rotatable bonds is 3. The van der Waals surface area contributed by atoms with Crippen LogP contribution in [0.15, 0.2) is 55.0 Å². The number of piperidine rings is 1. The molecule has 2 aromatic heterocycles. The molecule has 3 aromatic rings. The topological polar surface area (TPSA) is 59.0 Å². The SMILES string of the molecule is O=C(c1ncccn1)N1CCC[C@@H](Cc2ccc3ncccc3c2)C1. The maximum Gasteiger partial charge on any atom is 0.291 e. The lowest BCUT2D eigenvalue weighted by atomic mass is 9.90. The molecule has 0 N–H and O–H groups in total. The highest BCUT2D eigenvalue weighted by Crippen LogP contribution is 2.23. The molecule has 0 radical (unpaired) electrons. The Morgan fingerprint density at radius 1 is 1.08 bits per heavy atom. The van der Waals surface area contributed by atoms with E-state index < -0.39 is 0 Å². The summed E-state index contributed by atoms with van der Waals surface area (Å²) in [6, 6.07) is 12.2. The van der Waals surface area contributed by atoms with Crippen LogP contribution in [0.25, 0.3) is 10.9 Å². The smallest absolute Gasteiger partial charge is 0.291 e. The van der Waals surface area contributed by atoms with Crippen molar-refractivity contribution in [3.05, 3.63) is 66.4 Å². The molecule has 1 saturated heterocycles. The number of carbonyl (C=O) groups excluding carboxylic acids is 1. The second kappa shape index (κ2) is 6.97. The van der Waals surface area contributed by atoms with Gasteiger partial charge in [-0.3, -0.25) is 9.78 Å². The third-order valence-corrected chi connectivity index (χ3v) is 4.76. The van der Waals surface area contributed by atoms with E-state index in [1.54, 1.807) is 18.5 Å². The van der Waals surface area contributed by atoms with Crippen LogP contribution in [0.1, 0.15) is 29.0 Å². The number of likely N-dealkylation sites (tertiary alicyclic amines) is 1. The van der Waals surface area contributed by atoms with E-state index in [1.165, 1.54) is 10.9 Å². The largest absolute Gasteiger partial charge is 0.336 e. The van der Waals surface area contributed by atoms with Crippen LogP contribution in [0.5, 0.6) is 0 Å². The van der Waals surface area contributed by atoms with Crippen LogP contribution in [0.4, 0.5) is 0 Å². The van der Waals surface area contributed by atoms with Crippen LogP contribution in [-0.4, -0.2) is 38.8 Å². The van der Waals surface area contributed by atoms with Crippen molar-refractivity contribution >= 4 is 16.8 Å². The molecule has 5 heteroatoms. The molecule has 126 valence electrons. The van der Waals surface area contributed by atoms with Crippen LogP contribution in [0.3, 0.4) is 0 Å². The zero-order valence-electron chi connectivity index (χ0n) is 14.0. The lowest BCUT2D eigenvalue weighted by molar-refractivity contribution is 0.0661. The molecule has 0 aliphatic carbocycles. The lowest BCUT2D eigenvalue weighted by Gasteiger charge is -2.32. The average molecular weight is 332 g/mol. The Morgan fingerprint density at radius 3 is 2.80 bits per heavy atom. The number of benzene rings is 1. The van der Waals surface area contributed by atoms with Gasteiger partial charge in [0.25, 0.3) is 5.91 Å². The second-order valence-electron chi connectivity index (χ2n) is 6.57. The number of pyridine rings is 1. The molecule has 25 heavy (non-hydrogen) atoms. The van der Waals surface area contributed by atoms with Gasteiger partial charge >= 0.3 is 0 Å². The van der Waals surface area contributed by atoms with Gasteiger partial charge in [-0.05, 0) is 55.0 Å². The fourth-order valence-electron chi connectivity index (χ4n) is 3.55. The third-order valence-electron chi connectivity index (χ3n) is 4.76. The summed E-state index contributed by atoms with van der Waals surface area (Å²) in [6.07, 6.45) is 8.20. The van der Waals surface area contributed by atoms with E-state index >= 15 is 0 Å². The molecule has 5 nitrogen and oxygen atoms in total. The Morgan fingerprint density at radius 2 is 1.92 bits per heavy atom. The summed E-state index contributed by atoms with van der Waals surface area (Å²) in [5, 5.41) is 1.17. The van der Waals surface area contributed by atoms with Crippen molar-refractivity contribution < 1.29 is 4.79 Å². The zero-order valence-corrected chi connectivity index (χ0v) is 14.0. The van der Waals surface area contributed by atoms with E-state index in [0.29, 0.717) is 11.7 Å². The number of hydrogen-bond donors (Lipinski definition) is 0. The summed E-state index contributed by atoms with van der Waals surface area (Å²) in [5.41, 5.74) is 2.32. The molecule has 0 saturated carbocycles. The van der Waals surface area contributed by atoms with Crippen LogP contribution in [0.2, 0.25) is 0 Å². The van der Waals surface area contributed by atoms with E-state index in [9.17, 15) is 4.79 Å². The fraction of sp³-hybridized carbons (Fsp3) is 0.300. The number of aromatic nitrogens is 3. The predicted molar refractivity (Wildman–Crippen MR) is 96.1 cm³/mol. The van der Waals surface area contributed by atoms with Crippen molar-refractivity contribution in [2.45, 2.75) is 19.3 Å². The molecule has 0 bridgehead atoms. The van der Waals surface area contributed by atoms with E-state index in [2.05, 4.69) is 39.2 Å². The molecule has 1 aromatic carbocycles. The molecule has 1 atom stereocenters. The highest BCUT2D eigenvalue weighted by Gasteiger charge is 2.26. The monoisotopic (exact) mass is 332 g/mol. The molecule has 4 rings (SSSR count). The van der Waals surface area contributed by atoms with Crippen molar-refractivity contribution in [2.24, 2.45) is 5.92 Å². The molecule has 1 fully saturated rings. The Labute approximate surface area is 146 Å². The van der Waals surface area contributed by atoms with Crippen molar-refractivity contribution in [1.82, 2.24) is 19.9 Å². The summed E-state index contributed by atoms with van der Waals surface area (Å²) in [4.78, 5) is 27.0. The molecule has 1 aliphatic rings. The molecule has 0 spiro atoms. The Kier molecular flexibility index (Phi) is 4.37. The Hall–Kier alpha value is -2.82. The van der Waals surface area contributed by atoms with E-state index in [1.807, 2.05) is 17.2 Å². The molecular formula is C20H20N4O. The van der Waals surface area contributed by atoms with Crippen LogP contribution in [-0.2, 0) is 6.42 Å². The standard InChI is InChI=1S/C20H20N4O/c25-20(19-22-9-3-10-23-19)24-11-2-4-16(14-24)12-15-6-7-18-17(13-15)5-1-8-21-18/h1,3,5-10,13,16H,2,4,11-12,14H2/t16-/m0/s1. The first-order chi connectivity index (χ1) is 12.3. The van der Waals surface area contributed by atoms with Crippen molar-refractivity contribution in [3.8, 4) is 0 Å². The van der Waals surface area contributed by atoms with Gasteiger partial charge in [0, 0.05) is 37.1 Å². The second-order valence-corrected chi connectivity index (χ2v) is 6.57. The van der Waals surface area contributed by atoms with E-state index in [-0.39, 0.29) is 5.91 Å². The minimum absolute atomic E-state index is 0.0620. The number of fused-ring (bicyclic) bond motifs is 1. The van der Waals surface area contributed by atoms with Crippen molar-refractivity contribution in [1.29, 1.82) is 0 Å². The first kappa shape index (κ1) is 15.7. The van der Waals surface area contributed by atoms with Gasteiger partial charge in [0.15, 0.2) is 0 Å². The lowest BCUT2D eigenvalue weighted by Crippen LogP contribution is -2.41. The summed E-state index contributed by atoms with van der Waals surface area (Å²) >= 11 is 0. The number of hydrogen-bond acceptors (Lipinski definition) is 4. The minimum Gasteiger partial charge on any atom is -0.336 e. The maximum atomic E-state index is 12.6. The quantitative estimate of drug-likeness (QED) is 0.739. The summed E-state index contributed by atoms with van der Waals surface area (Å²) < 4.78 is 0. The summed E-state index contributed by atoms with van der Waals surface area (Å²) in [6.45, 7) is 1.55. The van der Waals surface area contributed by atoms with Crippen LogP contribution < -0.4 is 0 Å². The molecule has 1 aliphatic heterocycles. The van der Waals surface area contributed by atoms with E-state index in [4.69, 9.17) is 0 Å². The van der Waals surface area contributed by atoms with Gasteiger partial charge in [-0.25, -0.2) is 9.97 Å². The van der Waals surface area contributed by atoms with Crippen LogP contribution in [0, 0.1) is 5.92 Å². The van der Waals surface area contributed by atoms with Gasteiger partial charge in [-0.1, -0.05) is 12.1 Å². The molecule has 0 unspecified atom stereocenters. The van der Waals surface area contributed by atoms with Gasteiger partial charge in [0.1, 0.15) is 0 Å². The average Bonchev–Trinajstić information content (AvgIpc) is 2.68. The molecule has 3 heterocycles. The number of nitrogens with zero attached hydrogens (tertiary/aromatic N) is 4. The van der Waals surface area contributed by atoms with Crippen molar-refractivity contribution in [3.63, 3.8) is 0 Å². The van der Waals surface area contributed by atoms with Crippen molar-refractivity contribution in [2.75, 3.05) is 13.1 Å². The first-order valence-corrected chi connectivity index (χ1v) is 8.69. The highest BCUT2D eigenvalue weighted by molar-refractivity contribution is 5.90. The van der Waals surface area contributed by atoms with E-state index in [0.717, 1.165) is 37.9 Å². The third kappa shape index (κ3) is 3.50. The van der Waals surface area contributed by atoms with Gasteiger partial charge in [0.2, 0.25) is 5.82 Å².